The summed E-state index contributed by atoms with van der Waals surface area (Å²) in [7, 11) is 1.77. The van der Waals surface area contributed by atoms with Gasteiger partial charge in [0.2, 0.25) is 5.91 Å². The van der Waals surface area contributed by atoms with Gasteiger partial charge >= 0.3 is 0 Å². The van der Waals surface area contributed by atoms with E-state index < -0.39 is 0 Å². The normalized spacial score (nSPS) is 11.6. The molecule has 0 spiro atoms. The molecule has 1 unspecified atom stereocenters. The number of benzene rings is 2. The molecule has 4 heteroatoms. The van der Waals surface area contributed by atoms with E-state index in [4.69, 9.17) is 0 Å². The molecule has 2 rings (SSSR count). The van der Waals surface area contributed by atoms with Crippen molar-refractivity contribution in [2.75, 3.05) is 12.4 Å². The highest BCUT2D eigenvalue weighted by Crippen LogP contribution is 2.19. The molecule has 0 saturated heterocycles. The van der Waals surface area contributed by atoms with Crippen LogP contribution in [0.25, 0.3) is 0 Å². The molecule has 0 heterocycles. The van der Waals surface area contributed by atoms with Crippen LogP contribution in [0.1, 0.15) is 36.2 Å². The summed E-state index contributed by atoms with van der Waals surface area (Å²) in [5.41, 5.74) is 2.13. The van der Waals surface area contributed by atoms with E-state index in [1.54, 1.807) is 24.1 Å². The van der Waals surface area contributed by atoms with E-state index in [9.17, 15) is 9.59 Å². The van der Waals surface area contributed by atoms with Gasteiger partial charge in [-0.15, -0.1) is 0 Å². The van der Waals surface area contributed by atoms with Gasteiger partial charge in [-0.2, -0.15) is 0 Å². The van der Waals surface area contributed by atoms with Crippen LogP contribution in [0.4, 0.5) is 5.69 Å². The second-order valence-electron chi connectivity index (χ2n) is 5.99. The van der Waals surface area contributed by atoms with Crippen LogP contribution >= 0.6 is 0 Å². The largest absolute Gasteiger partial charge is 0.337 e. The summed E-state index contributed by atoms with van der Waals surface area (Å²) in [5, 5.41) is 2.87. The van der Waals surface area contributed by atoms with Crippen molar-refractivity contribution in [3.8, 4) is 0 Å². The van der Waals surface area contributed by atoms with Crippen LogP contribution in [0.5, 0.6) is 0 Å². The van der Waals surface area contributed by atoms with Crippen LogP contribution in [0.2, 0.25) is 0 Å². The van der Waals surface area contributed by atoms with Gasteiger partial charge < -0.3 is 10.2 Å². The molecule has 2 amide bonds. The Labute approximate surface area is 143 Å². The molecule has 0 saturated carbocycles. The van der Waals surface area contributed by atoms with Crippen molar-refractivity contribution < 1.29 is 9.59 Å². The molecule has 0 aliphatic carbocycles. The number of hydrogen-bond acceptors (Lipinski definition) is 2. The molecule has 24 heavy (non-hydrogen) atoms. The van der Waals surface area contributed by atoms with Crippen molar-refractivity contribution in [2.45, 2.75) is 26.8 Å². The minimum absolute atomic E-state index is 0.0662. The first-order valence-corrected chi connectivity index (χ1v) is 8.22. The second kappa shape index (κ2) is 8.29. The first-order valence-electron chi connectivity index (χ1n) is 8.22. The van der Waals surface area contributed by atoms with Crippen molar-refractivity contribution in [1.82, 2.24) is 4.90 Å². The predicted molar refractivity (Wildman–Crippen MR) is 96.8 cm³/mol. The van der Waals surface area contributed by atoms with Crippen LogP contribution < -0.4 is 5.32 Å². The Morgan fingerprint density at radius 1 is 1.04 bits per heavy atom. The third-order valence-electron chi connectivity index (χ3n) is 4.08. The van der Waals surface area contributed by atoms with Crippen molar-refractivity contribution in [2.24, 2.45) is 5.92 Å². The van der Waals surface area contributed by atoms with E-state index in [0.29, 0.717) is 17.8 Å². The van der Waals surface area contributed by atoms with Crippen molar-refractivity contribution in [1.29, 1.82) is 0 Å². The molecule has 0 fully saturated rings. The maximum Gasteiger partial charge on any atom is 0.256 e. The first-order chi connectivity index (χ1) is 11.5. The molecule has 0 radical (unpaired) electrons. The zero-order valence-electron chi connectivity index (χ0n) is 14.5. The van der Waals surface area contributed by atoms with E-state index >= 15 is 0 Å². The van der Waals surface area contributed by atoms with Gasteiger partial charge in [0.25, 0.3) is 5.91 Å². The lowest BCUT2D eigenvalue weighted by Crippen LogP contribution is -2.28. The Hall–Kier alpha value is -2.62. The third kappa shape index (κ3) is 4.44. The van der Waals surface area contributed by atoms with Gasteiger partial charge in [0.15, 0.2) is 0 Å². The van der Waals surface area contributed by atoms with Gasteiger partial charge in [-0.05, 0) is 24.1 Å². The summed E-state index contributed by atoms with van der Waals surface area (Å²) in [6, 6.07) is 17.0. The minimum atomic E-state index is -0.112. The highest BCUT2D eigenvalue weighted by molar-refractivity contribution is 6.04. The van der Waals surface area contributed by atoms with Crippen LogP contribution in [-0.2, 0) is 11.3 Å². The average Bonchev–Trinajstić information content (AvgIpc) is 2.61. The molecule has 0 bridgehead atoms. The van der Waals surface area contributed by atoms with E-state index in [1.807, 2.05) is 56.3 Å². The lowest BCUT2D eigenvalue weighted by Gasteiger charge is -2.20. The molecular weight excluding hydrogens is 300 g/mol. The van der Waals surface area contributed by atoms with Gasteiger partial charge in [0.05, 0.1) is 11.3 Å². The topological polar surface area (TPSA) is 49.4 Å². The zero-order valence-corrected chi connectivity index (χ0v) is 14.5. The minimum Gasteiger partial charge on any atom is -0.337 e. The molecule has 4 nitrogen and oxygen atoms in total. The number of nitrogens with zero attached hydrogens (tertiary/aromatic N) is 1. The number of carbonyl (C=O) groups excluding carboxylic acids is 2. The van der Waals surface area contributed by atoms with Crippen LogP contribution in [0, 0.1) is 5.92 Å². The van der Waals surface area contributed by atoms with Gasteiger partial charge in [0, 0.05) is 19.5 Å². The maximum atomic E-state index is 12.8. The maximum absolute atomic E-state index is 12.8. The van der Waals surface area contributed by atoms with Crippen LogP contribution in [0.3, 0.4) is 0 Å². The molecule has 2 aromatic carbocycles. The summed E-state index contributed by atoms with van der Waals surface area (Å²) < 4.78 is 0. The van der Waals surface area contributed by atoms with E-state index in [0.717, 1.165) is 12.0 Å². The number of hydrogen-bond donors (Lipinski definition) is 1. The van der Waals surface area contributed by atoms with Gasteiger partial charge in [-0.25, -0.2) is 0 Å². The monoisotopic (exact) mass is 324 g/mol. The number of nitrogens with one attached hydrogen (secondary N) is 1. The lowest BCUT2D eigenvalue weighted by atomic mass is 10.1. The summed E-state index contributed by atoms with van der Waals surface area (Å²) in [4.78, 5) is 26.6. The number of anilines is 1. The summed E-state index contributed by atoms with van der Waals surface area (Å²) in [6.45, 7) is 4.36. The number of amides is 2. The molecule has 0 aliphatic heterocycles. The highest BCUT2D eigenvalue weighted by Gasteiger charge is 2.18. The number of rotatable bonds is 6. The summed E-state index contributed by atoms with van der Waals surface area (Å²) in [5.74, 6) is -0.266. The van der Waals surface area contributed by atoms with Gasteiger partial charge in [0.1, 0.15) is 0 Å². The summed E-state index contributed by atoms with van der Waals surface area (Å²) in [6.07, 6.45) is 0.760. The smallest absolute Gasteiger partial charge is 0.256 e. The van der Waals surface area contributed by atoms with Crippen molar-refractivity contribution in [3.63, 3.8) is 0 Å². The fraction of sp³-hybridized carbons (Fsp3) is 0.300. The molecule has 0 aromatic heterocycles. The standard InChI is InChI=1S/C20H24N2O2/c1-4-15(2)19(23)21-18-13-9-8-12-17(18)20(24)22(3)14-16-10-6-5-7-11-16/h5-13,15H,4,14H2,1-3H3,(H,21,23). The fourth-order valence-corrected chi connectivity index (χ4v) is 2.35. The third-order valence-corrected chi connectivity index (χ3v) is 4.08. The first kappa shape index (κ1) is 17.7. The Bertz CT molecular complexity index is 698. The molecule has 126 valence electrons. The predicted octanol–water partition coefficient (Wildman–Crippen LogP) is 3.94. The van der Waals surface area contributed by atoms with Gasteiger partial charge in [-0.1, -0.05) is 56.3 Å². The quantitative estimate of drug-likeness (QED) is 0.875. The van der Waals surface area contributed by atoms with Crippen molar-refractivity contribution in [3.05, 3.63) is 65.7 Å². The molecular formula is C20H24N2O2. The van der Waals surface area contributed by atoms with Crippen LogP contribution in [0.15, 0.2) is 54.6 Å². The molecule has 1 N–H and O–H groups in total. The van der Waals surface area contributed by atoms with Crippen molar-refractivity contribution >= 4 is 17.5 Å². The summed E-state index contributed by atoms with van der Waals surface area (Å²) >= 11 is 0. The van der Waals surface area contributed by atoms with E-state index in [1.165, 1.54) is 0 Å². The number of para-hydroxylation sites is 1. The zero-order chi connectivity index (χ0) is 17.5. The highest BCUT2D eigenvalue weighted by atomic mass is 16.2. The molecule has 0 aliphatic rings. The lowest BCUT2D eigenvalue weighted by molar-refractivity contribution is -0.119. The Balaban J connectivity index is 2.15. The Morgan fingerprint density at radius 3 is 2.33 bits per heavy atom. The second-order valence-corrected chi connectivity index (χ2v) is 5.99. The van der Waals surface area contributed by atoms with E-state index in [2.05, 4.69) is 5.32 Å². The average molecular weight is 324 g/mol. The fourth-order valence-electron chi connectivity index (χ4n) is 2.35. The number of carbonyl (C=O) groups is 2. The van der Waals surface area contributed by atoms with Gasteiger partial charge in [-0.3, -0.25) is 9.59 Å². The Morgan fingerprint density at radius 2 is 1.67 bits per heavy atom. The molecule has 1 atom stereocenters. The van der Waals surface area contributed by atoms with E-state index in [-0.39, 0.29) is 17.7 Å². The SMILES string of the molecule is CCC(C)C(=O)Nc1ccccc1C(=O)N(C)Cc1ccccc1. The van der Waals surface area contributed by atoms with Crippen LogP contribution in [-0.4, -0.2) is 23.8 Å². The molecule has 2 aromatic rings. The Kier molecular flexibility index (Phi) is 6.13.